The van der Waals surface area contributed by atoms with E-state index in [-0.39, 0.29) is 0 Å². The molecule has 1 aliphatic carbocycles. The van der Waals surface area contributed by atoms with E-state index in [4.69, 9.17) is 0 Å². The molecule has 2 atom stereocenters. The topological polar surface area (TPSA) is 0 Å². The van der Waals surface area contributed by atoms with E-state index < -0.39 is 0 Å². The lowest BCUT2D eigenvalue weighted by molar-refractivity contribution is 0.134. The molecule has 0 radical (unpaired) electrons. The van der Waals surface area contributed by atoms with Crippen molar-refractivity contribution in [1.29, 1.82) is 0 Å². The Labute approximate surface area is 77.7 Å². The summed E-state index contributed by atoms with van der Waals surface area (Å²) in [5.41, 5.74) is 0. The predicted octanol–water partition coefficient (Wildman–Crippen LogP) is 4.25. The monoisotopic (exact) mass is 168 g/mol. The Bertz CT molecular complexity index is 115. The molecule has 0 aromatic carbocycles. The van der Waals surface area contributed by atoms with Crippen LogP contribution in [-0.4, -0.2) is 0 Å². The van der Waals surface area contributed by atoms with Crippen LogP contribution in [0.25, 0.3) is 0 Å². The summed E-state index contributed by atoms with van der Waals surface area (Å²) in [7, 11) is 0. The second kappa shape index (κ2) is 4.89. The summed E-state index contributed by atoms with van der Waals surface area (Å²) in [5.74, 6) is 3.11. The molecule has 0 heterocycles. The van der Waals surface area contributed by atoms with Crippen molar-refractivity contribution in [3.05, 3.63) is 0 Å². The van der Waals surface area contributed by atoms with Crippen LogP contribution >= 0.6 is 0 Å². The molecule has 0 amide bonds. The Hall–Kier alpha value is 0. The van der Waals surface area contributed by atoms with Crippen molar-refractivity contribution in [2.45, 2.75) is 59.3 Å². The largest absolute Gasteiger partial charge is 0.0654 e. The summed E-state index contributed by atoms with van der Waals surface area (Å²) in [4.78, 5) is 0. The zero-order valence-corrected chi connectivity index (χ0v) is 8.97. The summed E-state index contributed by atoms with van der Waals surface area (Å²) >= 11 is 0. The lowest BCUT2D eigenvalue weighted by atomic mass is 9.68. The van der Waals surface area contributed by atoms with Crippen molar-refractivity contribution in [2.75, 3.05) is 0 Å². The number of unbranched alkanes of at least 4 members (excludes halogenated alkanes) is 1. The van der Waals surface area contributed by atoms with E-state index >= 15 is 0 Å². The summed E-state index contributed by atoms with van der Waals surface area (Å²) in [6.07, 6.45) is 8.87. The van der Waals surface area contributed by atoms with Gasteiger partial charge in [-0.25, -0.2) is 0 Å². The van der Waals surface area contributed by atoms with Gasteiger partial charge in [0.25, 0.3) is 0 Å². The Morgan fingerprint density at radius 2 is 1.83 bits per heavy atom. The number of rotatable bonds is 5. The van der Waals surface area contributed by atoms with Gasteiger partial charge in [0.1, 0.15) is 0 Å². The Balaban J connectivity index is 2.11. The zero-order chi connectivity index (χ0) is 8.97. The molecule has 0 spiro atoms. The average Bonchev–Trinajstić information content (AvgIpc) is 1.99. The maximum Gasteiger partial charge on any atom is -0.0383 e. The molecule has 0 nitrogen and oxygen atoms in total. The first-order chi connectivity index (χ1) is 5.74. The predicted molar refractivity (Wildman–Crippen MR) is 55.2 cm³/mol. The molecule has 0 saturated heterocycles. The van der Waals surface area contributed by atoms with Gasteiger partial charge in [-0.05, 0) is 37.0 Å². The Morgan fingerprint density at radius 1 is 1.17 bits per heavy atom. The van der Waals surface area contributed by atoms with Crippen LogP contribution in [-0.2, 0) is 0 Å². The summed E-state index contributed by atoms with van der Waals surface area (Å²) in [6, 6.07) is 0. The second-order valence-electron chi connectivity index (χ2n) is 4.87. The average molecular weight is 168 g/mol. The van der Waals surface area contributed by atoms with Gasteiger partial charge in [-0.1, -0.05) is 40.0 Å². The van der Waals surface area contributed by atoms with Crippen molar-refractivity contribution >= 4 is 0 Å². The van der Waals surface area contributed by atoms with Gasteiger partial charge in [0.05, 0.1) is 0 Å². The van der Waals surface area contributed by atoms with E-state index in [2.05, 4.69) is 20.8 Å². The van der Waals surface area contributed by atoms with Crippen molar-refractivity contribution in [1.82, 2.24) is 0 Å². The second-order valence-corrected chi connectivity index (χ2v) is 4.87. The quantitative estimate of drug-likeness (QED) is 0.575. The van der Waals surface area contributed by atoms with E-state index in [1.54, 1.807) is 0 Å². The first kappa shape index (κ1) is 10.1. The van der Waals surface area contributed by atoms with Crippen molar-refractivity contribution in [2.24, 2.45) is 17.8 Å². The molecule has 72 valence electrons. The van der Waals surface area contributed by atoms with Crippen LogP contribution in [0, 0.1) is 17.8 Å². The minimum absolute atomic E-state index is 0.916. The van der Waals surface area contributed by atoms with Gasteiger partial charge in [0.15, 0.2) is 0 Å². The van der Waals surface area contributed by atoms with Crippen LogP contribution in [0.3, 0.4) is 0 Å². The molecule has 1 rings (SSSR count). The molecule has 12 heavy (non-hydrogen) atoms. The SMILES string of the molecule is CCCCC1CCC1CC(C)C. The normalized spacial score (nSPS) is 29.0. The fraction of sp³-hybridized carbons (Fsp3) is 1.00. The van der Waals surface area contributed by atoms with E-state index in [9.17, 15) is 0 Å². The van der Waals surface area contributed by atoms with E-state index in [1.807, 2.05) is 0 Å². The Kier molecular flexibility index (Phi) is 4.11. The van der Waals surface area contributed by atoms with Gasteiger partial charge in [0, 0.05) is 0 Å². The standard InChI is InChI=1S/C12H24/c1-4-5-6-11-7-8-12(11)9-10(2)3/h10-12H,4-9H2,1-3H3. The molecule has 2 unspecified atom stereocenters. The summed E-state index contributed by atoms with van der Waals surface area (Å²) in [5, 5.41) is 0. The fourth-order valence-corrected chi connectivity index (χ4v) is 2.40. The highest BCUT2D eigenvalue weighted by Gasteiger charge is 2.29. The van der Waals surface area contributed by atoms with Crippen molar-refractivity contribution in [3.8, 4) is 0 Å². The van der Waals surface area contributed by atoms with Gasteiger partial charge in [-0.2, -0.15) is 0 Å². The van der Waals surface area contributed by atoms with Crippen LogP contribution in [0.15, 0.2) is 0 Å². The van der Waals surface area contributed by atoms with Gasteiger partial charge in [0.2, 0.25) is 0 Å². The van der Waals surface area contributed by atoms with Crippen LogP contribution in [0.1, 0.15) is 59.3 Å². The van der Waals surface area contributed by atoms with Crippen LogP contribution < -0.4 is 0 Å². The third-order valence-electron chi connectivity index (χ3n) is 3.28. The lowest BCUT2D eigenvalue weighted by Gasteiger charge is -2.38. The highest BCUT2D eigenvalue weighted by Crippen LogP contribution is 2.41. The smallest absolute Gasteiger partial charge is 0.0383 e. The van der Waals surface area contributed by atoms with Crippen molar-refractivity contribution < 1.29 is 0 Å². The highest BCUT2D eigenvalue weighted by molar-refractivity contribution is 4.81. The maximum absolute atomic E-state index is 2.36. The molecule has 0 aromatic heterocycles. The Morgan fingerprint density at radius 3 is 2.25 bits per heavy atom. The molecule has 0 heteroatoms. The van der Waals surface area contributed by atoms with E-state index in [1.165, 1.54) is 38.5 Å². The highest BCUT2D eigenvalue weighted by atomic mass is 14.3. The van der Waals surface area contributed by atoms with Gasteiger partial charge >= 0.3 is 0 Å². The fourth-order valence-electron chi connectivity index (χ4n) is 2.40. The van der Waals surface area contributed by atoms with E-state index in [0.29, 0.717) is 0 Å². The molecular weight excluding hydrogens is 144 g/mol. The van der Waals surface area contributed by atoms with E-state index in [0.717, 1.165) is 17.8 Å². The minimum atomic E-state index is 0.916. The van der Waals surface area contributed by atoms with Crippen LogP contribution in [0.5, 0.6) is 0 Å². The maximum atomic E-state index is 2.36. The summed E-state index contributed by atoms with van der Waals surface area (Å²) < 4.78 is 0. The van der Waals surface area contributed by atoms with Gasteiger partial charge in [-0.15, -0.1) is 0 Å². The molecule has 0 aliphatic heterocycles. The molecule has 1 fully saturated rings. The molecular formula is C12H24. The molecule has 1 aliphatic rings. The molecule has 0 N–H and O–H groups in total. The van der Waals surface area contributed by atoms with Gasteiger partial charge < -0.3 is 0 Å². The van der Waals surface area contributed by atoms with Crippen molar-refractivity contribution in [3.63, 3.8) is 0 Å². The molecule has 0 bridgehead atoms. The number of hydrogen-bond donors (Lipinski definition) is 0. The molecule has 1 saturated carbocycles. The first-order valence-corrected chi connectivity index (χ1v) is 5.74. The minimum Gasteiger partial charge on any atom is -0.0654 e. The third-order valence-corrected chi connectivity index (χ3v) is 3.28. The van der Waals surface area contributed by atoms with Crippen LogP contribution in [0.4, 0.5) is 0 Å². The van der Waals surface area contributed by atoms with Crippen LogP contribution in [0.2, 0.25) is 0 Å². The first-order valence-electron chi connectivity index (χ1n) is 5.74. The van der Waals surface area contributed by atoms with Gasteiger partial charge in [-0.3, -0.25) is 0 Å². The zero-order valence-electron chi connectivity index (χ0n) is 8.97. The lowest BCUT2D eigenvalue weighted by Crippen LogP contribution is -2.26. The third kappa shape index (κ3) is 2.80. The number of hydrogen-bond acceptors (Lipinski definition) is 0. The summed E-state index contributed by atoms with van der Waals surface area (Å²) in [6.45, 7) is 7.01. The molecule has 0 aromatic rings.